The highest BCUT2D eigenvalue weighted by Gasteiger charge is 2.28. The van der Waals surface area contributed by atoms with Gasteiger partial charge in [0.25, 0.3) is 0 Å². The molecule has 0 radical (unpaired) electrons. The number of nitrogens with zero attached hydrogens (tertiary/aromatic N) is 1. The van der Waals surface area contributed by atoms with Crippen molar-refractivity contribution < 1.29 is 0 Å². The molecular weight excluding hydrogens is 362 g/mol. The van der Waals surface area contributed by atoms with Gasteiger partial charge in [-0.3, -0.25) is 10.4 Å². The number of allylic oxidation sites excluding steroid dienone is 8. The number of hydrogen-bond acceptors (Lipinski definition) is 4. The molecule has 0 saturated heterocycles. The monoisotopic (exact) mass is 389 g/mol. The average Bonchev–Trinajstić information content (AvgIpc) is 2.56. The van der Waals surface area contributed by atoms with E-state index in [4.69, 9.17) is 22.0 Å². The Morgan fingerprint density at radius 3 is 2.69 bits per heavy atom. The first-order valence-corrected chi connectivity index (χ1v) is 10.1. The summed E-state index contributed by atoms with van der Waals surface area (Å²) in [6.45, 7) is 14.3. The zero-order valence-electron chi connectivity index (χ0n) is 16.2. The molecule has 3 nitrogen and oxygen atoms in total. The van der Waals surface area contributed by atoms with Gasteiger partial charge in [0.2, 0.25) is 0 Å². The summed E-state index contributed by atoms with van der Waals surface area (Å²) >= 11 is 7.64. The van der Waals surface area contributed by atoms with Crippen LogP contribution in [0.4, 0.5) is 0 Å². The van der Waals surface area contributed by atoms with Crippen molar-refractivity contribution in [2.24, 2.45) is 16.8 Å². The Morgan fingerprint density at radius 1 is 1.46 bits per heavy atom. The number of hydrogen-bond donors (Lipinski definition) is 2. The van der Waals surface area contributed by atoms with Gasteiger partial charge in [-0.05, 0) is 49.7 Å². The third kappa shape index (κ3) is 5.01. The minimum atomic E-state index is -0.138. The van der Waals surface area contributed by atoms with Crippen LogP contribution in [0.1, 0.15) is 41.0 Å². The van der Waals surface area contributed by atoms with E-state index in [9.17, 15) is 0 Å². The third-order valence-corrected chi connectivity index (χ3v) is 5.87. The molecule has 2 atom stereocenters. The molecule has 0 fully saturated rings. The lowest BCUT2D eigenvalue weighted by molar-refractivity contribution is 0.596. The Labute approximate surface area is 166 Å². The molecule has 0 saturated carbocycles. The van der Waals surface area contributed by atoms with E-state index in [0.29, 0.717) is 5.04 Å². The number of rotatable bonds is 4. The molecule has 1 heterocycles. The molecule has 5 heteroatoms. The maximum absolute atomic E-state index is 8.53. The summed E-state index contributed by atoms with van der Waals surface area (Å²) in [5, 5.41) is 13.1. The molecule has 2 rings (SSSR count). The summed E-state index contributed by atoms with van der Waals surface area (Å²) < 4.78 is 0. The number of halogens is 1. The highest BCUT2D eigenvalue weighted by atomic mass is 35.5. The second-order valence-electron chi connectivity index (χ2n) is 7.12. The summed E-state index contributed by atoms with van der Waals surface area (Å²) in [4.78, 5) is 6.22. The molecule has 0 spiro atoms. The Hall–Kier alpha value is -1.52. The van der Waals surface area contributed by atoms with Crippen molar-refractivity contribution in [2.75, 3.05) is 0 Å². The molecule has 26 heavy (non-hydrogen) atoms. The number of thioether (sulfide) groups is 1. The highest BCUT2D eigenvalue weighted by Crippen LogP contribution is 2.35. The van der Waals surface area contributed by atoms with Crippen molar-refractivity contribution in [1.82, 2.24) is 5.32 Å². The van der Waals surface area contributed by atoms with E-state index in [-0.39, 0.29) is 17.9 Å². The van der Waals surface area contributed by atoms with Crippen molar-refractivity contribution in [3.05, 3.63) is 57.8 Å². The summed E-state index contributed by atoms with van der Waals surface area (Å²) in [6, 6.07) is -0.138. The van der Waals surface area contributed by atoms with Gasteiger partial charge in [0, 0.05) is 28.4 Å². The molecule has 0 amide bonds. The minimum Gasteiger partial charge on any atom is -0.365 e. The molecule has 0 aromatic heterocycles. The Balaban J connectivity index is 2.61. The average molecular weight is 390 g/mol. The van der Waals surface area contributed by atoms with Crippen molar-refractivity contribution in [3.8, 4) is 0 Å². The van der Waals surface area contributed by atoms with E-state index in [1.165, 1.54) is 11.8 Å². The maximum atomic E-state index is 8.53. The van der Waals surface area contributed by atoms with Crippen LogP contribution in [0.3, 0.4) is 0 Å². The first-order chi connectivity index (χ1) is 12.2. The van der Waals surface area contributed by atoms with Crippen LogP contribution in [-0.2, 0) is 0 Å². The van der Waals surface area contributed by atoms with Crippen LogP contribution >= 0.6 is 23.4 Å². The smallest absolute Gasteiger partial charge is 0.100 e. The molecule has 2 N–H and O–H groups in total. The molecule has 1 aliphatic carbocycles. The van der Waals surface area contributed by atoms with Crippen LogP contribution in [0.2, 0.25) is 0 Å². The van der Waals surface area contributed by atoms with E-state index in [1.54, 1.807) is 0 Å². The summed E-state index contributed by atoms with van der Waals surface area (Å²) in [7, 11) is 0. The van der Waals surface area contributed by atoms with Crippen molar-refractivity contribution in [2.45, 2.75) is 47.1 Å². The van der Waals surface area contributed by atoms with Gasteiger partial charge < -0.3 is 5.32 Å². The third-order valence-electron chi connectivity index (χ3n) is 4.52. The zero-order chi connectivity index (χ0) is 19.4. The Bertz CT molecular complexity index is 753. The second-order valence-corrected chi connectivity index (χ2v) is 8.82. The fraction of sp³-hybridized carbons (Fsp3) is 0.429. The van der Waals surface area contributed by atoms with Gasteiger partial charge in [-0.2, -0.15) is 0 Å². The van der Waals surface area contributed by atoms with Gasteiger partial charge in [-0.15, -0.1) is 0 Å². The van der Waals surface area contributed by atoms with E-state index < -0.39 is 0 Å². The summed E-state index contributed by atoms with van der Waals surface area (Å²) in [5.74, 6) is 0.411. The van der Waals surface area contributed by atoms with Crippen LogP contribution in [0.25, 0.3) is 0 Å². The van der Waals surface area contributed by atoms with Crippen molar-refractivity contribution in [3.63, 3.8) is 0 Å². The fourth-order valence-electron chi connectivity index (χ4n) is 2.88. The Morgan fingerprint density at radius 2 is 2.15 bits per heavy atom. The molecule has 0 aromatic carbocycles. The molecular formula is C21H28ClN3S. The van der Waals surface area contributed by atoms with Gasteiger partial charge in [0.1, 0.15) is 6.04 Å². The van der Waals surface area contributed by atoms with Crippen LogP contribution in [0, 0.1) is 17.2 Å². The van der Waals surface area contributed by atoms with Crippen molar-refractivity contribution >= 4 is 34.1 Å². The van der Waals surface area contributed by atoms with E-state index in [1.807, 2.05) is 25.3 Å². The second kappa shape index (κ2) is 8.92. The van der Waals surface area contributed by atoms with Gasteiger partial charge in [-0.25, -0.2) is 0 Å². The van der Waals surface area contributed by atoms with Gasteiger partial charge in [0.15, 0.2) is 0 Å². The van der Waals surface area contributed by atoms with E-state index in [2.05, 4.69) is 45.7 Å². The van der Waals surface area contributed by atoms with Gasteiger partial charge >= 0.3 is 0 Å². The standard InChI is InChI=1S/C21H28ClN3S/c1-12(2)19-21(23)26-15(6)14(5)18(11-24-13(3)4)20(25-19)16-7-9-17(22)10-8-16/h7,9-12,16,19,23-24H,3,8H2,1-2,4-6H3. The topological polar surface area (TPSA) is 48.2 Å². The normalized spacial score (nSPS) is 25.8. The predicted molar refractivity (Wildman–Crippen MR) is 117 cm³/mol. The largest absolute Gasteiger partial charge is 0.365 e. The highest BCUT2D eigenvalue weighted by molar-refractivity contribution is 8.17. The molecule has 140 valence electrons. The van der Waals surface area contributed by atoms with Crippen LogP contribution in [0.5, 0.6) is 0 Å². The lowest BCUT2D eigenvalue weighted by atomic mass is 9.87. The molecule has 0 bridgehead atoms. The number of aliphatic imine (C=N–C) groups is 1. The fourth-order valence-corrected chi connectivity index (χ4v) is 4.08. The molecule has 1 aliphatic heterocycles. The molecule has 0 aromatic rings. The lowest BCUT2D eigenvalue weighted by Gasteiger charge is -2.28. The SMILES string of the molecule is C=C(C)NC=C1C(C2C=CC(Cl)=CC2)=NC(C(C)C)C(=N)SC(C)=C1C. The zero-order valence-corrected chi connectivity index (χ0v) is 17.8. The maximum Gasteiger partial charge on any atom is 0.100 e. The number of nitrogens with one attached hydrogen (secondary N) is 2. The van der Waals surface area contributed by atoms with E-state index in [0.717, 1.165) is 38.9 Å². The molecule has 2 unspecified atom stereocenters. The van der Waals surface area contributed by atoms with Crippen molar-refractivity contribution in [1.29, 1.82) is 5.41 Å². The van der Waals surface area contributed by atoms with E-state index >= 15 is 0 Å². The first-order valence-electron chi connectivity index (χ1n) is 8.89. The van der Waals surface area contributed by atoms with Crippen LogP contribution < -0.4 is 5.32 Å². The van der Waals surface area contributed by atoms with Gasteiger partial charge in [0.05, 0.1) is 10.8 Å². The van der Waals surface area contributed by atoms with Crippen LogP contribution in [0.15, 0.2) is 62.8 Å². The van der Waals surface area contributed by atoms with Crippen LogP contribution in [-0.4, -0.2) is 16.8 Å². The quantitative estimate of drug-likeness (QED) is 0.603. The Kier molecular flexibility index (Phi) is 7.13. The summed E-state index contributed by atoms with van der Waals surface area (Å²) in [5.41, 5.74) is 4.11. The summed E-state index contributed by atoms with van der Waals surface area (Å²) in [6.07, 6.45) is 8.91. The first kappa shape index (κ1) is 20.8. The van der Waals surface area contributed by atoms with Gasteiger partial charge in [-0.1, -0.05) is 55.9 Å². The predicted octanol–water partition coefficient (Wildman–Crippen LogP) is 6.18. The molecule has 2 aliphatic rings. The minimum absolute atomic E-state index is 0.138. The lowest BCUT2D eigenvalue weighted by Crippen LogP contribution is -2.29.